The molecule has 0 fully saturated rings. The van der Waals surface area contributed by atoms with Crippen LogP contribution < -0.4 is 5.14 Å². The number of ether oxygens (including phenoxy) is 1. The van der Waals surface area contributed by atoms with E-state index in [-0.39, 0.29) is 17.8 Å². The number of sulfonamides is 1. The molecule has 22 heavy (non-hydrogen) atoms. The van der Waals surface area contributed by atoms with Crippen LogP contribution in [-0.2, 0) is 14.8 Å². The Morgan fingerprint density at radius 2 is 1.77 bits per heavy atom. The Morgan fingerprint density at radius 3 is 2.36 bits per heavy atom. The number of carbonyl (C=O) groups excluding carboxylic acids is 1. The van der Waals surface area contributed by atoms with Crippen LogP contribution in [0.25, 0.3) is 0 Å². The van der Waals surface area contributed by atoms with Crippen molar-refractivity contribution in [3.63, 3.8) is 0 Å². The Bertz CT molecular complexity index is 543. The van der Waals surface area contributed by atoms with Crippen LogP contribution in [0.15, 0.2) is 30.3 Å². The van der Waals surface area contributed by atoms with Crippen LogP contribution >= 0.6 is 0 Å². The van der Waals surface area contributed by atoms with Crippen LogP contribution in [0.3, 0.4) is 0 Å². The summed E-state index contributed by atoms with van der Waals surface area (Å²) in [5, 5.41) is 5.00. The summed E-state index contributed by atoms with van der Waals surface area (Å²) in [4.78, 5) is 12.1. The molecule has 1 aromatic carbocycles. The minimum atomic E-state index is -3.47. The maximum absolute atomic E-state index is 12.1. The SMILES string of the molecule is CCCCCC(CCCS(N)(=O)=O)OC(=O)c1ccccc1. The zero-order valence-corrected chi connectivity index (χ0v) is 13.8. The number of esters is 1. The molecule has 124 valence electrons. The fourth-order valence-corrected chi connectivity index (χ4v) is 2.76. The Labute approximate surface area is 132 Å². The molecule has 0 radical (unpaired) electrons. The number of primary sulfonamides is 1. The predicted octanol–water partition coefficient (Wildman–Crippen LogP) is 2.86. The van der Waals surface area contributed by atoms with E-state index in [1.807, 2.05) is 6.07 Å². The zero-order valence-electron chi connectivity index (χ0n) is 13.0. The molecule has 1 aromatic rings. The molecule has 0 saturated carbocycles. The van der Waals surface area contributed by atoms with E-state index in [9.17, 15) is 13.2 Å². The molecule has 0 aromatic heterocycles. The number of rotatable bonds is 10. The van der Waals surface area contributed by atoms with Gasteiger partial charge in [-0.3, -0.25) is 0 Å². The van der Waals surface area contributed by atoms with Crippen LogP contribution in [0.4, 0.5) is 0 Å². The van der Waals surface area contributed by atoms with Crippen molar-refractivity contribution in [2.75, 3.05) is 5.75 Å². The molecule has 1 atom stereocenters. The van der Waals surface area contributed by atoms with Crippen LogP contribution in [0.1, 0.15) is 55.8 Å². The number of hydrogen-bond acceptors (Lipinski definition) is 4. The number of unbranched alkanes of at least 4 members (excludes halogenated alkanes) is 2. The van der Waals surface area contributed by atoms with Crippen LogP contribution in [0.5, 0.6) is 0 Å². The van der Waals surface area contributed by atoms with Gasteiger partial charge in [-0.25, -0.2) is 18.4 Å². The lowest BCUT2D eigenvalue weighted by Gasteiger charge is -2.17. The fourth-order valence-electron chi connectivity index (χ4n) is 2.19. The minimum Gasteiger partial charge on any atom is -0.459 e. The summed E-state index contributed by atoms with van der Waals surface area (Å²) in [6, 6.07) is 8.81. The maximum Gasteiger partial charge on any atom is 0.338 e. The molecular formula is C16H25NO4S. The lowest BCUT2D eigenvalue weighted by Crippen LogP contribution is -2.21. The summed E-state index contributed by atoms with van der Waals surface area (Å²) >= 11 is 0. The van der Waals surface area contributed by atoms with Gasteiger partial charge in [-0.15, -0.1) is 0 Å². The Kier molecular flexibility index (Phi) is 8.12. The first-order valence-electron chi connectivity index (χ1n) is 7.69. The minimum absolute atomic E-state index is 0.0832. The highest BCUT2D eigenvalue weighted by molar-refractivity contribution is 7.89. The Morgan fingerprint density at radius 1 is 1.14 bits per heavy atom. The molecule has 0 heterocycles. The molecule has 1 unspecified atom stereocenters. The Hall–Kier alpha value is -1.40. The van der Waals surface area contributed by atoms with Crippen LogP contribution in [-0.4, -0.2) is 26.2 Å². The summed E-state index contributed by atoms with van der Waals surface area (Å²) in [5.41, 5.74) is 0.509. The first-order chi connectivity index (χ1) is 10.4. The second-order valence-corrected chi connectivity index (χ2v) is 7.13. The van der Waals surface area contributed by atoms with Gasteiger partial charge in [0.2, 0.25) is 10.0 Å². The molecular weight excluding hydrogens is 302 g/mol. The van der Waals surface area contributed by atoms with Gasteiger partial charge in [0.05, 0.1) is 11.3 Å². The van der Waals surface area contributed by atoms with Crippen molar-refractivity contribution in [1.29, 1.82) is 0 Å². The van der Waals surface area contributed by atoms with Crippen molar-refractivity contribution in [2.45, 2.75) is 51.6 Å². The second kappa shape index (κ2) is 9.58. The molecule has 2 N–H and O–H groups in total. The van der Waals surface area contributed by atoms with E-state index in [0.29, 0.717) is 18.4 Å². The van der Waals surface area contributed by atoms with Gasteiger partial charge >= 0.3 is 5.97 Å². The van der Waals surface area contributed by atoms with E-state index < -0.39 is 10.0 Å². The molecule has 0 spiro atoms. The molecule has 1 rings (SSSR count). The largest absolute Gasteiger partial charge is 0.459 e. The standard InChI is InChI=1S/C16H25NO4S/c1-2-3-5-11-15(12-8-13-22(17,19)20)21-16(18)14-9-6-4-7-10-14/h4,6-7,9-10,15H,2-3,5,8,11-13H2,1H3,(H2,17,19,20). The second-order valence-electron chi connectivity index (χ2n) is 5.40. The quantitative estimate of drug-likeness (QED) is 0.529. The summed E-state index contributed by atoms with van der Waals surface area (Å²) in [6.07, 6.45) is 4.50. The van der Waals surface area contributed by atoms with Crippen LogP contribution in [0.2, 0.25) is 0 Å². The molecule has 0 bridgehead atoms. The highest BCUT2D eigenvalue weighted by atomic mass is 32.2. The molecule has 6 heteroatoms. The van der Waals surface area contributed by atoms with Gasteiger partial charge in [-0.05, 0) is 37.8 Å². The number of benzene rings is 1. The summed E-state index contributed by atoms with van der Waals surface area (Å²) in [5.74, 6) is -0.446. The van der Waals surface area contributed by atoms with Crippen molar-refractivity contribution in [2.24, 2.45) is 5.14 Å². The number of carbonyl (C=O) groups is 1. The number of hydrogen-bond donors (Lipinski definition) is 1. The summed E-state index contributed by atoms with van der Waals surface area (Å²) in [7, 11) is -3.47. The van der Waals surface area contributed by atoms with Crippen molar-refractivity contribution >= 4 is 16.0 Å². The molecule has 0 amide bonds. The highest BCUT2D eigenvalue weighted by Gasteiger charge is 2.16. The predicted molar refractivity (Wildman–Crippen MR) is 87.0 cm³/mol. The molecule has 0 aliphatic carbocycles. The van der Waals surface area contributed by atoms with Gasteiger partial charge in [0.15, 0.2) is 0 Å². The third-order valence-electron chi connectivity index (χ3n) is 3.37. The molecule has 0 aliphatic heterocycles. The lowest BCUT2D eigenvalue weighted by atomic mass is 10.1. The van der Waals surface area contributed by atoms with E-state index >= 15 is 0 Å². The molecule has 5 nitrogen and oxygen atoms in total. The van der Waals surface area contributed by atoms with Gasteiger partial charge < -0.3 is 4.74 Å². The van der Waals surface area contributed by atoms with E-state index in [0.717, 1.165) is 25.7 Å². The van der Waals surface area contributed by atoms with E-state index in [4.69, 9.17) is 9.88 Å². The van der Waals surface area contributed by atoms with Gasteiger partial charge in [-0.1, -0.05) is 38.0 Å². The monoisotopic (exact) mass is 327 g/mol. The topological polar surface area (TPSA) is 86.5 Å². The lowest BCUT2D eigenvalue weighted by molar-refractivity contribution is 0.0254. The fraction of sp³-hybridized carbons (Fsp3) is 0.562. The molecule has 0 saturated heterocycles. The normalized spacial score (nSPS) is 12.8. The summed E-state index contributed by atoms with van der Waals surface area (Å²) < 4.78 is 27.5. The van der Waals surface area contributed by atoms with Gasteiger partial charge in [0.25, 0.3) is 0 Å². The van der Waals surface area contributed by atoms with Gasteiger partial charge in [0.1, 0.15) is 6.10 Å². The average molecular weight is 327 g/mol. The van der Waals surface area contributed by atoms with Gasteiger partial charge in [0, 0.05) is 0 Å². The summed E-state index contributed by atoms with van der Waals surface area (Å²) in [6.45, 7) is 2.10. The third-order valence-corrected chi connectivity index (χ3v) is 4.23. The van der Waals surface area contributed by atoms with E-state index in [1.54, 1.807) is 24.3 Å². The molecule has 0 aliphatic rings. The average Bonchev–Trinajstić information content (AvgIpc) is 2.47. The number of nitrogens with two attached hydrogens (primary N) is 1. The van der Waals surface area contributed by atoms with Crippen molar-refractivity contribution < 1.29 is 17.9 Å². The third kappa shape index (κ3) is 8.14. The maximum atomic E-state index is 12.1. The smallest absolute Gasteiger partial charge is 0.338 e. The van der Waals surface area contributed by atoms with Crippen LogP contribution in [0, 0.1) is 0 Å². The van der Waals surface area contributed by atoms with Crippen molar-refractivity contribution in [3.05, 3.63) is 35.9 Å². The van der Waals surface area contributed by atoms with Crippen molar-refractivity contribution in [1.82, 2.24) is 0 Å². The van der Waals surface area contributed by atoms with Crippen molar-refractivity contribution in [3.8, 4) is 0 Å². The van der Waals surface area contributed by atoms with E-state index in [1.165, 1.54) is 0 Å². The zero-order chi connectivity index (χ0) is 16.4. The van der Waals surface area contributed by atoms with Gasteiger partial charge in [-0.2, -0.15) is 0 Å². The highest BCUT2D eigenvalue weighted by Crippen LogP contribution is 2.15. The van der Waals surface area contributed by atoms with E-state index in [2.05, 4.69) is 6.92 Å². The first-order valence-corrected chi connectivity index (χ1v) is 9.40. The first kappa shape index (κ1) is 18.6. The Balaban J connectivity index is 2.54.